The molecule has 0 bridgehead atoms. The normalized spacial score (nSPS) is 20.9. The third-order valence-corrected chi connectivity index (χ3v) is 4.29. The van der Waals surface area contributed by atoms with Crippen LogP contribution in [-0.2, 0) is 14.3 Å². The van der Waals surface area contributed by atoms with Crippen molar-refractivity contribution in [3.63, 3.8) is 0 Å². The number of rotatable bonds is 10. The minimum Gasteiger partial charge on any atom is -0.550 e. The molecule has 0 aromatic heterocycles. The van der Waals surface area contributed by atoms with Crippen LogP contribution >= 0.6 is 0 Å². The van der Waals surface area contributed by atoms with Gasteiger partial charge < -0.3 is 14.6 Å². The van der Waals surface area contributed by atoms with E-state index in [0.29, 0.717) is 25.9 Å². The van der Waals surface area contributed by atoms with E-state index in [1.54, 1.807) is 0 Å². The third kappa shape index (κ3) is 9.53. The summed E-state index contributed by atoms with van der Waals surface area (Å²) >= 11 is 0. The van der Waals surface area contributed by atoms with E-state index in [-0.39, 0.29) is 35.5 Å². The van der Waals surface area contributed by atoms with Gasteiger partial charge in [-0.3, -0.25) is 4.79 Å². The molecule has 0 N–H and O–H groups in total. The van der Waals surface area contributed by atoms with E-state index in [1.165, 1.54) is 25.7 Å². The number of ether oxygens (including phenoxy) is 1. The smallest absolute Gasteiger partial charge is 0.550 e. The number of esters is 1. The Kier molecular flexibility index (Phi) is 13.9. The number of hydrogen-bond acceptors (Lipinski definition) is 4. The first-order valence-electron chi connectivity index (χ1n) is 8.69. The predicted octanol–water partition coefficient (Wildman–Crippen LogP) is 0.00660. The molecule has 1 aliphatic rings. The van der Waals surface area contributed by atoms with Gasteiger partial charge in [0.05, 0.1) is 12.5 Å². The molecule has 0 aliphatic heterocycles. The number of carbonyl (C=O) groups is 2. The van der Waals surface area contributed by atoms with Gasteiger partial charge in [0, 0.05) is 11.9 Å². The average Bonchev–Trinajstić information content (AvgIpc) is 2.53. The fraction of sp³-hybridized carbons (Fsp3) is 0.778. The van der Waals surface area contributed by atoms with Gasteiger partial charge in [-0.1, -0.05) is 51.2 Å². The minimum absolute atomic E-state index is 0. The summed E-state index contributed by atoms with van der Waals surface area (Å²) in [5.74, 6) is -2.67. The predicted molar refractivity (Wildman–Crippen MR) is 83.9 cm³/mol. The molecule has 0 aromatic rings. The number of carboxylic acid groups (broad SMARTS) is 1. The van der Waals surface area contributed by atoms with Crippen molar-refractivity contribution in [3.05, 3.63) is 12.2 Å². The number of carbonyl (C=O) groups excluding carboxylic acids is 2. The van der Waals surface area contributed by atoms with Gasteiger partial charge in [0.2, 0.25) is 0 Å². The zero-order chi connectivity index (χ0) is 16.2. The average molecular weight is 332 g/mol. The summed E-state index contributed by atoms with van der Waals surface area (Å²) in [6, 6.07) is 0. The van der Waals surface area contributed by atoms with Crippen molar-refractivity contribution < 1.29 is 49.0 Å². The summed E-state index contributed by atoms with van der Waals surface area (Å²) in [5, 5.41) is 11.1. The molecule has 0 radical (unpaired) electrons. The van der Waals surface area contributed by atoms with Crippen molar-refractivity contribution in [2.24, 2.45) is 11.8 Å². The van der Waals surface area contributed by atoms with Gasteiger partial charge in [-0.25, -0.2) is 0 Å². The standard InChI is InChI=1S/C18H30O4.Na/c1-2-3-4-5-6-7-8-11-14-22-18(21)16-13-10-9-12-15(16)17(19)20;/h7-8,15-16H,2-6,9-14H2,1H3,(H,19,20);/q;+1/p-1/b8-7+;. The molecule has 0 saturated heterocycles. The van der Waals surface area contributed by atoms with Gasteiger partial charge in [0.1, 0.15) is 0 Å². The molecule has 0 spiro atoms. The number of aliphatic carboxylic acids is 1. The second kappa shape index (κ2) is 14.1. The van der Waals surface area contributed by atoms with Crippen molar-refractivity contribution in [3.8, 4) is 0 Å². The van der Waals surface area contributed by atoms with Crippen LogP contribution in [0.4, 0.5) is 0 Å². The van der Waals surface area contributed by atoms with Crippen molar-refractivity contribution >= 4 is 11.9 Å². The van der Waals surface area contributed by atoms with E-state index in [2.05, 4.69) is 13.0 Å². The molecule has 1 saturated carbocycles. The fourth-order valence-electron chi connectivity index (χ4n) is 2.95. The first kappa shape index (κ1) is 22.7. The summed E-state index contributed by atoms with van der Waals surface area (Å²) in [6.45, 7) is 2.53. The maximum atomic E-state index is 12.0. The fourth-order valence-corrected chi connectivity index (χ4v) is 2.95. The Hall–Kier alpha value is -0.320. The van der Waals surface area contributed by atoms with Crippen LogP contribution in [0.3, 0.4) is 0 Å². The van der Waals surface area contributed by atoms with Crippen molar-refractivity contribution in [2.45, 2.75) is 71.1 Å². The minimum atomic E-state index is -1.12. The monoisotopic (exact) mass is 332 g/mol. The molecule has 0 aromatic carbocycles. The number of unbranched alkanes of at least 4 members (excludes halogenated alkanes) is 4. The van der Waals surface area contributed by atoms with Crippen LogP contribution in [0.1, 0.15) is 71.1 Å². The van der Waals surface area contributed by atoms with Gasteiger partial charge in [-0.05, 0) is 32.1 Å². The van der Waals surface area contributed by atoms with Crippen LogP contribution in [-0.4, -0.2) is 18.5 Å². The van der Waals surface area contributed by atoms with Crippen LogP contribution in [0.5, 0.6) is 0 Å². The summed E-state index contributed by atoms with van der Waals surface area (Å²) in [4.78, 5) is 23.0. The van der Waals surface area contributed by atoms with E-state index in [4.69, 9.17) is 4.74 Å². The zero-order valence-corrected chi connectivity index (χ0v) is 16.7. The molecular weight excluding hydrogens is 303 g/mol. The quantitative estimate of drug-likeness (QED) is 0.245. The van der Waals surface area contributed by atoms with E-state index in [9.17, 15) is 14.7 Å². The molecule has 1 rings (SSSR count). The zero-order valence-electron chi connectivity index (χ0n) is 14.7. The first-order valence-corrected chi connectivity index (χ1v) is 8.69. The molecule has 0 heterocycles. The summed E-state index contributed by atoms with van der Waals surface area (Å²) in [5.41, 5.74) is 0. The molecule has 2 atom stereocenters. The summed E-state index contributed by atoms with van der Waals surface area (Å²) in [6.07, 6.45) is 13.8. The molecule has 126 valence electrons. The van der Waals surface area contributed by atoms with Crippen molar-refractivity contribution in [1.82, 2.24) is 0 Å². The summed E-state index contributed by atoms with van der Waals surface area (Å²) in [7, 11) is 0. The van der Waals surface area contributed by atoms with Gasteiger partial charge in [0.25, 0.3) is 0 Å². The second-order valence-corrected chi connectivity index (χ2v) is 6.09. The van der Waals surface area contributed by atoms with Crippen LogP contribution in [0, 0.1) is 11.8 Å². The van der Waals surface area contributed by atoms with Crippen molar-refractivity contribution in [1.29, 1.82) is 0 Å². The van der Waals surface area contributed by atoms with Crippen LogP contribution < -0.4 is 34.7 Å². The van der Waals surface area contributed by atoms with E-state index in [1.807, 2.05) is 6.08 Å². The van der Waals surface area contributed by atoms with E-state index < -0.39 is 17.8 Å². The largest absolute Gasteiger partial charge is 1.00 e. The van der Waals surface area contributed by atoms with Gasteiger partial charge in [-0.2, -0.15) is 0 Å². The molecule has 23 heavy (non-hydrogen) atoms. The van der Waals surface area contributed by atoms with Crippen molar-refractivity contribution in [2.75, 3.05) is 6.61 Å². The summed E-state index contributed by atoms with van der Waals surface area (Å²) < 4.78 is 5.23. The Bertz CT molecular complexity index is 368. The molecule has 2 unspecified atom stereocenters. The Morgan fingerprint density at radius 1 is 1.04 bits per heavy atom. The molecule has 4 nitrogen and oxygen atoms in total. The molecule has 1 fully saturated rings. The van der Waals surface area contributed by atoms with E-state index in [0.717, 1.165) is 19.3 Å². The first-order chi connectivity index (χ1) is 10.7. The molecule has 0 amide bonds. The SMILES string of the molecule is CCCCCC/C=C/CCOC(=O)C1CCCCC1C(=O)[O-].[Na+]. The van der Waals surface area contributed by atoms with Gasteiger partial charge in [0.15, 0.2) is 0 Å². The Labute approximate surface area is 162 Å². The maximum Gasteiger partial charge on any atom is 1.00 e. The van der Waals surface area contributed by atoms with Gasteiger partial charge >= 0.3 is 35.5 Å². The maximum absolute atomic E-state index is 12.0. The topological polar surface area (TPSA) is 66.4 Å². The van der Waals surface area contributed by atoms with E-state index >= 15 is 0 Å². The second-order valence-electron chi connectivity index (χ2n) is 6.09. The molecule has 5 heteroatoms. The number of hydrogen-bond donors (Lipinski definition) is 0. The van der Waals surface area contributed by atoms with Gasteiger partial charge in [-0.15, -0.1) is 0 Å². The number of carboxylic acids is 1. The number of allylic oxidation sites excluding steroid dienone is 1. The Morgan fingerprint density at radius 3 is 2.35 bits per heavy atom. The van der Waals surface area contributed by atoms with Crippen LogP contribution in [0.15, 0.2) is 12.2 Å². The van der Waals surface area contributed by atoms with Crippen LogP contribution in [0.2, 0.25) is 0 Å². The third-order valence-electron chi connectivity index (χ3n) is 4.29. The molecular formula is C18H29NaO4. The Balaban J connectivity index is 0.00000484. The molecule has 1 aliphatic carbocycles. The Morgan fingerprint density at radius 2 is 1.70 bits per heavy atom. The van der Waals surface area contributed by atoms with Crippen LogP contribution in [0.25, 0.3) is 0 Å².